The predicted octanol–water partition coefficient (Wildman–Crippen LogP) is -2.51. The average molecular weight is 1250 g/mol. The molecule has 1 heterocycles. The van der Waals surface area contributed by atoms with Crippen LogP contribution in [0.4, 0.5) is 5.69 Å². The molecule has 4 aromatic rings. The number of rotatable bonds is 34. The number of likely N-dealkylation sites (N-methyl/N-ethyl adjacent to an activating group) is 1. The first kappa shape index (κ1) is 71.0. The third-order valence-corrected chi connectivity index (χ3v) is 14.3. The van der Waals surface area contributed by atoms with E-state index in [4.69, 9.17) is 21.7 Å². The molecule has 0 radical (unpaired) electrons. The second-order valence-corrected chi connectivity index (χ2v) is 21.3. The summed E-state index contributed by atoms with van der Waals surface area (Å²) in [7, 11) is 1.37. The van der Waals surface area contributed by atoms with Gasteiger partial charge in [0.05, 0.1) is 32.7 Å². The number of carboxylic acid groups (broad SMARTS) is 3. The van der Waals surface area contributed by atoms with Gasteiger partial charge < -0.3 is 84.6 Å². The minimum atomic E-state index is -1.30. The minimum Gasteiger partial charge on any atom is -0.508 e. The molecule has 8 amide bonds. The molecule has 1 saturated heterocycles. The highest BCUT2D eigenvalue weighted by Crippen LogP contribution is 2.19. The van der Waals surface area contributed by atoms with Crippen LogP contribution in [0, 0.1) is 0 Å². The van der Waals surface area contributed by atoms with E-state index in [0.717, 1.165) is 15.7 Å². The van der Waals surface area contributed by atoms with Crippen LogP contribution in [-0.4, -0.2) is 229 Å². The first-order chi connectivity index (χ1) is 43.0. The van der Waals surface area contributed by atoms with Crippen LogP contribution in [0.25, 0.3) is 10.8 Å². The predicted molar refractivity (Wildman–Crippen MR) is 331 cm³/mol. The van der Waals surface area contributed by atoms with Gasteiger partial charge in [0, 0.05) is 96.5 Å². The number of benzene rings is 4. The van der Waals surface area contributed by atoms with Crippen molar-refractivity contribution < 1.29 is 73.2 Å². The monoisotopic (exact) mass is 1250 g/mol. The maximum absolute atomic E-state index is 14.7. The Morgan fingerprint density at radius 2 is 1.24 bits per heavy atom. The lowest BCUT2D eigenvalue weighted by Gasteiger charge is -2.32. The van der Waals surface area contributed by atoms with Crippen LogP contribution >= 0.6 is 0 Å². The number of fused-ring (bicyclic) bond motifs is 1. The number of phenolic OH excluding ortho intramolecular Hbond substituents is 1. The SMILES string of the molecule is CN1C(=O)[C@@H](Cc2ccc(O)cc2)NC(=O)CNC(=O)[C@H](Cc2ccc3ccccc3c2)NC(=O)[C@H](CCCN=C(N)N)NC(=O)[C@H]1CCCNC(=O)c1ccc(NC(=O)CCNC(=O)CN(CCNCC(=O)O)CCN(CCNCC(=O)O)CC(=O)O)cc1. The number of hydrogen-bond acceptors (Lipinski definition) is 17. The molecule has 30 heteroatoms. The number of aliphatic carboxylic acids is 3. The van der Waals surface area contributed by atoms with E-state index in [0.29, 0.717) is 16.8 Å². The van der Waals surface area contributed by atoms with Crippen molar-refractivity contribution in [3.63, 3.8) is 0 Å². The van der Waals surface area contributed by atoms with Gasteiger partial charge in [-0.3, -0.25) is 67.5 Å². The highest BCUT2D eigenvalue weighted by Gasteiger charge is 2.36. The highest BCUT2D eigenvalue weighted by molar-refractivity contribution is 5.98. The number of nitrogens with two attached hydrogens (primary N) is 2. The van der Waals surface area contributed by atoms with Gasteiger partial charge in [-0.05, 0) is 84.0 Å². The summed E-state index contributed by atoms with van der Waals surface area (Å²) < 4.78 is 0. The van der Waals surface area contributed by atoms with E-state index in [1.54, 1.807) is 21.9 Å². The lowest BCUT2D eigenvalue weighted by Crippen LogP contribution is -2.58. The molecule has 0 aliphatic carbocycles. The zero-order valence-corrected chi connectivity index (χ0v) is 50.0. The first-order valence-electron chi connectivity index (χ1n) is 29.2. The summed E-state index contributed by atoms with van der Waals surface area (Å²) in [5.41, 5.74) is 12.9. The zero-order valence-electron chi connectivity index (χ0n) is 50.0. The molecule has 1 aliphatic heterocycles. The van der Waals surface area contributed by atoms with Gasteiger partial charge in [0.25, 0.3) is 5.91 Å². The summed E-state index contributed by atoms with van der Waals surface area (Å²) in [6.45, 7) is -0.545. The Hall–Kier alpha value is -9.78. The molecule has 90 heavy (non-hydrogen) atoms. The molecule has 0 bridgehead atoms. The van der Waals surface area contributed by atoms with Gasteiger partial charge in [0.1, 0.15) is 29.9 Å². The Kier molecular flexibility index (Phi) is 29.3. The van der Waals surface area contributed by atoms with Crippen molar-refractivity contribution in [1.29, 1.82) is 0 Å². The summed E-state index contributed by atoms with van der Waals surface area (Å²) in [5, 5.41) is 63.6. The van der Waals surface area contributed by atoms with Crippen molar-refractivity contribution in [2.24, 2.45) is 16.5 Å². The number of amides is 8. The number of carbonyl (C=O) groups excluding carboxylic acids is 8. The van der Waals surface area contributed by atoms with Gasteiger partial charge in [-0.1, -0.05) is 54.6 Å². The van der Waals surface area contributed by atoms with Crippen molar-refractivity contribution >= 4 is 87.6 Å². The number of nitrogens with one attached hydrogen (secondary N) is 9. The van der Waals surface area contributed by atoms with E-state index >= 15 is 0 Å². The van der Waals surface area contributed by atoms with Crippen molar-refractivity contribution in [3.8, 4) is 5.75 Å². The maximum atomic E-state index is 14.7. The Morgan fingerprint density at radius 1 is 0.622 bits per heavy atom. The standard InChI is InChI=1S/C60H81N15O15/c1-73-48(9-5-21-66-55(86)41-14-16-43(17-15-41)69-49(77)20-23-65-51(79)36-74(26-24-63-34-52(80)81)28-29-75(37-54(84)85)27-25-64-35-53(82)83)58(89)71-45(8-4-22-67-60(61)62)57(88)72-46(32-39-10-13-40-6-2-3-7-42(40)30-39)56(87)68-33-50(78)70-47(59(73)90)31-38-11-18-44(76)19-12-38/h2-3,6-7,10-19,30,45-48,63-64,76H,4-5,8-9,20-29,31-37H2,1H3,(H,65,79)(H,66,86)(H,68,87)(H,69,77)(H,70,78)(H,71,89)(H,72,88)(H,80,81)(H,82,83)(H,84,85)(H4,61,62,67)/t45-,46-,47+,48+/m0/s1. The number of aliphatic imine (C=N–C) groups is 1. The Labute approximate surface area is 519 Å². The number of hydrogen-bond donors (Lipinski definition) is 15. The summed E-state index contributed by atoms with van der Waals surface area (Å²) in [6, 6.07) is 19.9. The van der Waals surface area contributed by atoms with E-state index in [1.807, 2.05) is 42.5 Å². The largest absolute Gasteiger partial charge is 0.508 e. The van der Waals surface area contributed by atoms with E-state index < -0.39 is 95.9 Å². The fraction of sp³-hybridized carbons (Fsp3) is 0.433. The number of anilines is 1. The Morgan fingerprint density at radius 3 is 1.89 bits per heavy atom. The van der Waals surface area contributed by atoms with Gasteiger partial charge >= 0.3 is 17.9 Å². The van der Waals surface area contributed by atoms with Crippen molar-refractivity contribution in [3.05, 3.63) is 108 Å². The van der Waals surface area contributed by atoms with E-state index in [9.17, 15) is 63.0 Å². The van der Waals surface area contributed by atoms with Crippen LogP contribution in [0.1, 0.15) is 53.6 Å². The summed E-state index contributed by atoms with van der Waals surface area (Å²) in [6.07, 6.45) is -0.00734. The van der Waals surface area contributed by atoms with Crippen LogP contribution in [0.3, 0.4) is 0 Å². The van der Waals surface area contributed by atoms with Crippen LogP contribution < -0.4 is 59.3 Å². The average Bonchev–Trinajstić information content (AvgIpc) is 1.37. The lowest BCUT2D eigenvalue weighted by molar-refractivity contribution is -0.142. The van der Waals surface area contributed by atoms with E-state index in [1.165, 1.54) is 43.4 Å². The molecule has 0 unspecified atom stereocenters. The number of carboxylic acids is 3. The van der Waals surface area contributed by atoms with Crippen molar-refractivity contribution in [1.82, 2.24) is 57.2 Å². The highest BCUT2D eigenvalue weighted by atomic mass is 16.4. The van der Waals surface area contributed by atoms with Crippen LogP contribution in [0.15, 0.2) is 96.0 Å². The molecule has 1 aliphatic rings. The van der Waals surface area contributed by atoms with Crippen molar-refractivity contribution in [2.75, 3.05) is 104 Å². The number of carbonyl (C=O) groups is 11. The van der Waals surface area contributed by atoms with Crippen molar-refractivity contribution in [2.45, 2.75) is 69.1 Å². The van der Waals surface area contributed by atoms with E-state index in [-0.39, 0.29) is 147 Å². The fourth-order valence-electron chi connectivity index (χ4n) is 9.61. The molecule has 4 aromatic carbocycles. The molecule has 0 saturated carbocycles. The third kappa shape index (κ3) is 25.9. The topological polar surface area (TPSA) is 451 Å². The van der Waals surface area contributed by atoms with Gasteiger partial charge in [-0.15, -0.1) is 0 Å². The molecule has 17 N–H and O–H groups in total. The van der Waals surface area contributed by atoms with Gasteiger partial charge in [0.15, 0.2) is 5.96 Å². The summed E-state index contributed by atoms with van der Waals surface area (Å²) in [5.74, 6) is -8.60. The summed E-state index contributed by atoms with van der Waals surface area (Å²) >= 11 is 0. The van der Waals surface area contributed by atoms with Gasteiger partial charge in [0.2, 0.25) is 41.4 Å². The molecule has 5 rings (SSSR count). The van der Waals surface area contributed by atoms with E-state index in [2.05, 4.69) is 52.8 Å². The lowest BCUT2D eigenvalue weighted by atomic mass is 10.00. The minimum absolute atomic E-state index is 0.00554. The van der Waals surface area contributed by atoms with Gasteiger partial charge in [-0.2, -0.15) is 0 Å². The molecule has 4 atom stereocenters. The normalized spacial score (nSPS) is 16.6. The number of guanidine groups is 1. The molecule has 1 fully saturated rings. The summed E-state index contributed by atoms with van der Waals surface area (Å²) in [4.78, 5) is 152. The Bertz CT molecular complexity index is 3150. The maximum Gasteiger partial charge on any atom is 0.317 e. The molecule has 0 aromatic heterocycles. The molecule has 486 valence electrons. The second-order valence-electron chi connectivity index (χ2n) is 21.3. The molecular weight excluding hydrogens is 1170 g/mol. The quantitative estimate of drug-likeness (QED) is 0.0130. The smallest absolute Gasteiger partial charge is 0.317 e. The first-order valence-corrected chi connectivity index (χ1v) is 29.2. The van der Waals surface area contributed by atoms with Crippen LogP contribution in [0.2, 0.25) is 0 Å². The van der Waals surface area contributed by atoms with Crippen LogP contribution in [0.5, 0.6) is 5.75 Å². The second kappa shape index (κ2) is 37.2. The number of aromatic hydroxyl groups is 1. The molecular formula is C60H81N15O15. The van der Waals surface area contributed by atoms with Crippen LogP contribution in [-0.2, 0) is 60.8 Å². The molecule has 30 nitrogen and oxygen atoms in total. The third-order valence-electron chi connectivity index (χ3n) is 14.3. The number of phenols is 1. The zero-order chi connectivity index (χ0) is 65.5. The number of nitrogens with zero attached hydrogens (tertiary/aromatic N) is 4. The van der Waals surface area contributed by atoms with Gasteiger partial charge in [-0.25, -0.2) is 0 Å². The fourth-order valence-corrected chi connectivity index (χ4v) is 9.61. The molecule has 0 spiro atoms. The Balaban J connectivity index is 1.23.